The van der Waals surface area contributed by atoms with Gasteiger partial charge in [-0.25, -0.2) is 14.6 Å². The van der Waals surface area contributed by atoms with Crippen molar-refractivity contribution in [1.29, 1.82) is 0 Å². The summed E-state index contributed by atoms with van der Waals surface area (Å²) in [6.45, 7) is 6.07. The number of para-hydroxylation sites is 1. The lowest BCUT2D eigenvalue weighted by atomic mass is 10.1. The standard InChI is InChI=1S/C22H21N5O.C2H6/c1-26-12-11-17(14-26)27-22-20(13-23-15-24-22)21(25-27)16-7-9-19(10-8-16)28-18-5-3-2-4-6-18;1-2/h2-10,13,15,17H,11-12,14H2,1H3;1-2H3. The van der Waals surface area contributed by atoms with Crippen LogP contribution in [0.5, 0.6) is 11.5 Å². The van der Waals surface area contributed by atoms with Gasteiger partial charge >= 0.3 is 0 Å². The molecule has 5 rings (SSSR count). The molecule has 1 unspecified atom stereocenters. The number of ether oxygens (including phenoxy) is 1. The molecule has 1 aliphatic rings. The number of hydrogen-bond donors (Lipinski definition) is 0. The number of likely N-dealkylation sites (tertiary alicyclic amines) is 1. The minimum Gasteiger partial charge on any atom is -0.457 e. The largest absolute Gasteiger partial charge is 0.457 e. The van der Waals surface area contributed by atoms with E-state index in [1.807, 2.05) is 74.6 Å². The quantitative estimate of drug-likeness (QED) is 0.471. The molecule has 4 aromatic rings. The maximum absolute atomic E-state index is 5.90. The zero-order valence-corrected chi connectivity index (χ0v) is 17.7. The van der Waals surface area contributed by atoms with Crippen LogP contribution in [0.2, 0.25) is 0 Å². The Hall–Kier alpha value is -3.25. The van der Waals surface area contributed by atoms with Crippen molar-refractivity contribution in [3.8, 4) is 22.8 Å². The molecule has 1 aliphatic heterocycles. The Balaban J connectivity index is 0.00000106. The van der Waals surface area contributed by atoms with Gasteiger partial charge in [0.15, 0.2) is 5.65 Å². The molecule has 1 saturated heterocycles. The topological polar surface area (TPSA) is 56.1 Å². The zero-order chi connectivity index (χ0) is 20.9. The van der Waals surface area contributed by atoms with E-state index in [9.17, 15) is 0 Å². The van der Waals surface area contributed by atoms with Gasteiger partial charge in [0, 0.05) is 24.8 Å². The van der Waals surface area contributed by atoms with Crippen molar-refractivity contribution in [3.05, 3.63) is 67.1 Å². The van der Waals surface area contributed by atoms with Gasteiger partial charge in [0.25, 0.3) is 0 Å². The van der Waals surface area contributed by atoms with Crippen LogP contribution >= 0.6 is 0 Å². The van der Waals surface area contributed by atoms with Crippen LogP contribution in [0, 0.1) is 0 Å². The SMILES string of the molecule is CC.CN1CCC(n2nc(-c3ccc(Oc4ccccc4)cc3)c3cncnc32)C1. The highest BCUT2D eigenvalue weighted by molar-refractivity contribution is 5.90. The predicted molar refractivity (Wildman–Crippen MR) is 120 cm³/mol. The smallest absolute Gasteiger partial charge is 0.162 e. The Morgan fingerprint density at radius 3 is 2.40 bits per heavy atom. The van der Waals surface area contributed by atoms with Gasteiger partial charge in [0.05, 0.1) is 11.4 Å². The van der Waals surface area contributed by atoms with Crippen LogP contribution in [-0.2, 0) is 0 Å². The van der Waals surface area contributed by atoms with Crippen LogP contribution in [0.25, 0.3) is 22.3 Å². The van der Waals surface area contributed by atoms with Crippen molar-refractivity contribution in [2.45, 2.75) is 26.3 Å². The van der Waals surface area contributed by atoms with Crippen LogP contribution in [-0.4, -0.2) is 44.8 Å². The lowest BCUT2D eigenvalue weighted by molar-refractivity contribution is 0.385. The van der Waals surface area contributed by atoms with Gasteiger partial charge in [0.2, 0.25) is 0 Å². The molecule has 0 amide bonds. The molecule has 1 atom stereocenters. The Labute approximate surface area is 177 Å². The first-order valence-corrected chi connectivity index (χ1v) is 10.5. The highest BCUT2D eigenvalue weighted by atomic mass is 16.5. The average Bonchev–Trinajstić information content (AvgIpc) is 3.40. The molecule has 154 valence electrons. The normalized spacial score (nSPS) is 16.3. The first-order chi connectivity index (χ1) is 14.8. The van der Waals surface area contributed by atoms with Crippen molar-refractivity contribution < 1.29 is 4.74 Å². The summed E-state index contributed by atoms with van der Waals surface area (Å²) in [5.74, 6) is 1.62. The molecular weight excluding hydrogens is 374 g/mol. The second-order valence-electron chi connectivity index (χ2n) is 7.20. The van der Waals surface area contributed by atoms with E-state index in [-0.39, 0.29) is 0 Å². The minimum absolute atomic E-state index is 0.344. The van der Waals surface area contributed by atoms with E-state index in [1.54, 1.807) is 6.33 Å². The summed E-state index contributed by atoms with van der Waals surface area (Å²) >= 11 is 0. The predicted octanol–water partition coefficient (Wildman–Crippen LogP) is 5.19. The number of fused-ring (bicyclic) bond motifs is 1. The lowest BCUT2D eigenvalue weighted by Gasteiger charge is -2.11. The fourth-order valence-electron chi connectivity index (χ4n) is 3.77. The van der Waals surface area contributed by atoms with E-state index in [0.717, 1.165) is 53.3 Å². The van der Waals surface area contributed by atoms with Gasteiger partial charge < -0.3 is 9.64 Å². The van der Waals surface area contributed by atoms with Gasteiger partial charge in [-0.05, 0) is 49.9 Å². The second-order valence-corrected chi connectivity index (χ2v) is 7.20. The van der Waals surface area contributed by atoms with E-state index in [4.69, 9.17) is 9.84 Å². The zero-order valence-electron chi connectivity index (χ0n) is 17.7. The number of benzene rings is 2. The van der Waals surface area contributed by atoms with Crippen LogP contribution in [0.4, 0.5) is 0 Å². The molecule has 6 heteroatoms. The fraction of sp³-hybridized carbons (Fsp3) is 0.292. The van der Waals surface area contributed by atoms with Gasteiger partial charge in [-0.3, -0.25) is 0 Å². The Morgan fingerprint density at radius 2 is 1.70 bits per heavy atom. The number of aromatic nitrogens is 4. The van der Waals surface area contributed by atoms with Crippen molar-refractivity contribution in [2.75, 3.05) is 20.1 Å². The first kappa shape index (κ1) is 20.0. The molecule has 0 N–H and O–H groups in total. The maximum atomic E-state index is 5.90. The molecule has 0 spiro atoms. The fourth-order valence-corrected chi connectivity index (χ4v) is 3.77. The third-order valence-electron chi connectivity index (χ3n) is 5.19. The summed E-state index contributed by atoms with van der Waals surface area (Å²) < 4.78 is 7.97. The monoisotopic (exact) mass is 401 g/mol. The highest BCUT2D eigenvalue weighted by Gasteiger charge is 2.25. The van der Waals surface area contributed by atoms with E-state index in [1.165, 1.54) is 0 Å². The molecule has 0 saturated carbocycles. The van der Waals surface area contributed by atoms with E-state index in [2.05, 4.69) is 26.6 Å². The molecule has 1 fully saturated rings. The maximum Gasteiger partial charge on any atom is 0.162 e. The Morgan fingerprint density at radius 1 is 0.967 bits per heavy atom. The molecule has 2 aromatic carbocycles. The van der Waals surface area contributed by atoms with Gasteiger partial charge in [-0.15, -0.1) is 0 Å². The van der Waals surface area contributed by atoms with E-state index >= 15 is 0 Å². The van der Waals surface area contributed by atoms with Gasteiger partial charge in [0.1, 0.15) is 23.5 Å². The number of rotatable bonds is 4. The number of nitrogens with zero attached hydrogens (tertiary/aromatic N) is 5. The highest BCUT2D eigenvalue weighted by Crippen LogP contribution is 2.32. The number of likely N-dealkylation sites (N-methyl/N-ethyl adjacent to an activating group) is 1. The minimum atomic E-state index is 0.344. The second kappa shape index (κ2) is 9.05. The van der Waals surface area contributed by atoms with Crippen molar-refractivity contribution in [3.63, 3.8) is 0 Å². The molecule has 0 aliphatic carbocycles. The molecule has 6 nitrogen and oxygen atoms in total. The molecular formula is C24H27N5O. The summed E-state index contributed by atoms with van der Waals surface area (Å²) in [5.41, 5.74) is 2.84. The molecule has 2 aromatic heterocycles. The average molecular weight is 402 g/mol. The van der Waals surface area contributed by atoms with Gasteiger partial charge in [-0.1, -0.05) is 32.0 Å². The summed E-state index contributed by atoms with van der Waals surface area (Å²) in [7, 11) is 2.15. The van der Waals surface area contributed by atoms with Crippen molar-refractivity contribution in [1.82, 2.24) is 24.6 Å². The third kappa shape index (κ3) is 4.04. The van der Waals surface area contributed by atoms with Crippen molar-refractivity contribution >= 4 is 11.0 Å². The number of hydrogen-bond acceptors (Lipinski definition) is 5. The van der Waals surface area contributed by atoms with E-state index in [0.29, 0.717) is 6.04 Å². The summed E-state index contributed by atoms with van der Waals surface area (Å²) in [4.78, 5) is 11.1. The Bertz CT molecular complexity index is 1090. The summed E-state index contributed by atoms with van der Waals surface area (Å²) in [6, 6.07) is 18.2. The molecule has 3 heterocycles. The Kier molecular flexibility index (Phi) is 6.05. The first-order valence-electron chi connectivity index (χ1n) is 10.5. The van der Waals surface area contributed by atoms with Crippen LogP contribution in [0.15, 0.2) is 67.1 Å². The molecule has 0 bridgehead atoms. The summed E-state index contributed by atoms with van der Waals surface area (Å²) in [5, 5.41) is 5.92. The molecule has 30 heavy (non-hydrogen) atoms. The van der Waals surface area contributed by atoms with Crippen LogP contribution in [0.3, 0.4) is 0 Å². The van der Waals surface area contributed by atoms with Crippen molar-refractivity contribution in [2.24, 2.45) is 0 Å². The van der Waals surface area contributed by atoms with Crippen LogP contribution < -0.4 is 4.74 Å². The third-order valence-corrected chi connectivity index (χ3v) is 5.19. The summed E-state index contributed by atoms with van der Waals surface area (Å²) in [6.07, 6.45) is 4.54. The van der Waals surface area contributed by atoms with Gasteiger partial charge in [-0.2, -0.15) is 5.10 Å². The van der Waals surface area contributed by atoms with Crippen LogP contribution in [0.1, 0.15) is 26.3 Å². The van der Waals surface area contributed by atoms with E-state index < -0.39 is 0 Å². The lowest BCUT2D eigenvalue weighted by Crippen LogP contribution is -2.17. The molecule has 0 radical (unpaired) electrons.